The Bertz CT molecular complexity index is 32.0. The maximum atomic E-state index is 6.77. The van der Waals surface area contributed by atoms with Crippen LogP contribution in [0.15, 0.2) is 0 Å². The van der Waals surface area contributed by atoms with E-state index in [-0.39, 0.29) is 8.41 Å². The van der Waals surface area contributed by atoms with E-state index in [1.54, 1.807) is 0 Å². The molecule has 0 heterocycles. The van der Waals surface area contributed by atoms with Gasteiger partial charge in [0.05, 0.1) is 0 Å². The van der Waals surface area contributed by atoms with Crippen molar-refractivity contribution < 1.29 is 0 Å². The van der Waals surface area contributed by atoms with Gasteiger partial charge in [-0.05, 0) is 0 Å². The number of nitrogens with one attached hydrogen (secondary N) is 1. The van der Waals surface area contributed by atoms with Crippen LogP contribution < -0.4 is 0 Å². The molecular formula is C3H8BNSn. The van der Waals surface area contributed by atoms with Crippen LogP contribution in [0.1, 0.15) is 13.3 Å². The Kier molecular flexibility index (Phi) is 15.0. The van der Waals surface area contributed by atoms with Crippen LogP contribution >= 0.6 is 0 Å². The van der Waals surface area contributed by atoms with Crippen molar-refractivity contribution in [2.45, 2.75) is 17.8 Å². The molecule has 1 N–H and O–H groups in total. The molecule has 0 aromatic heterocycles. The van der Waals surface area contributed by atoms with E-state index >= 15 is 0 Å². The molecule has 1 nitrogen and oxygen atoms in total. The maximum absolute atomic E-state index is 6.77. The van der Waals surface area contributed by atoms with Crippen LogP contribution in [-0.4, -0.2) is 29.4 Å². The molecule has 0 saturated heterocycles. The standard InChI is InChI=1S/C3H7.B.HN.Sn/c1-3-2;;;/h1,3H2,2H3;;1H;. The van der Waals surface area contributed by atoms with Crippen LogP contribution in [-0.2, 0) is 0 Å². The van der Waals surface area contributed by atoms with Gasteiger partial charge in [-0.25, -0.2) is 0 Å². The van der Waals surface area contributed by atoms with Gasteiger partial charge in [0.1, 0.15) is 0 Å². The molecule has 6 heavy (non-hydrogen) atoms. The maximum Gasteiger partial charge on any atom is 0 e. The Labute approximate surface area is 51.0 Å². The van der Waals surface area contributed by atoms with Crippen LogP contribution in [0.3, 0.4) is 0 Å². The average Bonchev–Trinajstić information content (AvgIpc) is 1.41. The fraction of sp³-hybridized carbons (Fsp3) is 1.00. The Hall–Kier alpha value is 0.664. The minimum Gasteiger partial charge on any atom is 0 e. The molecule has 32 valence electrons. The van der Waals surface area contributed by atoms with E-state index in [4.69, 9.17) is 3.57 Å². The third-order valence-electron chi connectivity index (χ3n) is 0.375. The summed E-state index contributed by atoms with van der Waals surface area (Å²) in [5.41, 5.74) is 0. The van der Waals surface area contributed by atoms with Crippen LogP contribution in [0, 0.1) is 3.57 Å². The van der Waals surface area contributed by atoms with Crippen molar-refractivity contribution in [2.24, 2.45) is 0 Å². The molecule has 0 aliphatic heterocycles. The first kappa shape index (κ1) is 9.83. The van der Waals surface area contributed by atoms with Crippen molar-refractivity contribution in [2.75, 3.05) is 0 Å². The molecule has 0 aromatic carbocycles. The van der Waals surface area contributed by atoms with Crippen molar-refractivity contribution >= 4 is 29.4 Å². The van der Waals surface area contributed by atoms with Crippen molar-refractivity contribution in [3.63, 3.8) is 0 Å². The molecule has 0 aromatic rings. The fourth-order valence-corrected chi connectivity index (χ4v) is 0.839. The molecule has 0 spiro atoms. The summed E-state index contributed by atoms with van der Waals surface area (Å²) in [4.78, 5) is 0. The van der Waals surface area contributed by atoms with Gasteiger partial charge >= 0.3 is 42.3 Å². The minimum absolute atomic E-state index is 0. The Morgan fingerprint density at radius 1 is 1.67 bits per heavy atom. The van der Waals surface area contributed by atoms with Crippen molar-refractivity contribution in [1.82, 2.24) is 0 Å². The van der Waals surface area contributed by atoms with Crippen LogP contribution in [0.2, 0.25) is 4.44 Å². The molecule has 0 amide bonds. The van der Waals surface area contributed by atoms with Gasteiger partial charge in [0.25, 0.3) is 0 Å². The quantitative estimate of drug-likeness (QED) is 0.622. The number of hydrogen-bond donors (Lipinski definition) is 1. The molecule has 0 atom stereocenters. The molecule has 3 heteroatoms. The van der Waals surface area contributed by atoms with Gasteiger partial charge in [-0.2, -0.15) is 0 Å². The van der Waals surface area contributed by atoms with Crippen molar-refractivity contribution in [1.29, 1.82) is 3.57 Å². The first-order valence-electron chi connectivity index (χ1n) is 1.81. The van der Waals surface area contributed by atoms with E-state index in [0.717, 1.165) is 0 Å². The van der Waals surface area contributed by atoms with E-state index in [2.05, 4.69) is 6.92 Å². The summed E-state index contributed by atoms with van der Waals surface area (Å²) < 4.78 is 8.00. The molecule has 0 fully saturated rings. The van der Waals surface area contributed by atoms with E-state index < -0.39 is 21.0 Å². The predicted molar refractivity (Wildman–Crippen MR) is 29.3 cm³/mol. The zero-order valence-electron chi connectivity index (χ0n) is 3.99. The summed E-state index contributed by atoms with van der Waals surface area (Å²) in [5, 5.41) is 0. The molecule has 4 radical (unpaired) electrons. The summed E-state index contributed by atoms with van der Waals surface area (Å²) >= 11 is -0.544. The van der Waals surface area contributed by atoms with Gasteiger partial charge in [-0.15, -0.1) is 0 Å². The molecule has 0 saturated carbocycles. The normalized spacial score (nSPS) is 6.17. The van der Waals surface area contributed by atoms with Gasteiger partial charge < -0.3 is 0 Å². The van der Waals surface area contributed by atoms with Gasteiger partial charge in [-0.3, -0.25) is 0 Å². The zero-order valence-corrected chi connectivity index (χ0v) is 6.85. The number of rotatable bonds is 2. The number of hydrogen-bond acceptors (Lipinski definition) is 1. The van der Waals surface area contributed by atoms with E-state index in [0.29, 0.717) is 0 Å². The predicted octanol–water partition coefficient (Wildman–Crippen LogP) is 0.900. The van der Waals surface area contributed by atoms with E-state index in [9.17, 15) is 0 Å². The summed E-state index contributed by atoms with van der Waals surface area (Å²) in [6, 6.07) is 0. The second kappa shape index (κ2) is 9.18. The summed E-state index contributed by atoms with van der Waals surface area (Å²) in [6.07, 6.45) is 1.23. The van der Waals surface area contributed by atoms with Gasteiger partial charge in [0.15, 0.2) is 0 Å². The Morgan fingerprint density at radius 3 is 2.17 bits per heavy atom. The van der Waals surface area contributed by atoms with Gasteiger partial charge in [0.2, 0.25) is 0 Å². The molecule has 0 aliphatic rings. The zero-order chi connectivity index (χ0) is 4.12. The summed E-state index contributed by atoms with van der Waals surface area (Å²) in [7, 11) is 0. The second-order valence-electron chi connectivity index (χ2n) is 0.927. The fourth-order valence-electron chi connectivity index (χ4n) is 0.125. The Morgan fingerprint density at radius 2 is 2.17 bits per heavy atom. The molecular weight excluding hydrogens is 180 g/mol. The van der Waals surface area contributed by atoms with Crippen molar-refractivity contribution in [3.8, 4) is 0 Å². The van der Waals surface area contributed by atoms with Gasteiger partial charge in [0, 0.05) is 8.41 Å². The molecule has 0 aliphatic carbocycles. The largest absolute Gasteiger partial charge is 0 e. The third kappa shape index (κ3) is 8.82. The first-order chi connectivity index (χ1) is 2.41. The first-order valence-corrected chi connectivity index (χ1v) is 5.26. The smallest absolute Gasteiger partial charge is 0 e. The Balaban J connectivity index is 0. The molecule has 0 rings (SSSR count). The monoisotopic (exact) mass is 189 g/mol. The van der Waals surface area contributed by atoms with Crippen LogP contribution in [0.5, 0.6) is 0 Å². The topological polar surface area (TPSA) is 23.9 Å². The molecule has 0 unspecified atom stereocenters. The van der Waals surface area contributed by atoms with E-state index in [1.807, 2.05) is 0 Å². The van der Waals surface area contributed by atoms with Crippen LogP contribution in [0.25, 0.3) is 0 Å². The third-order valence-corrected chi connectivity index (χ3v) is 2.52. The van der Waals surface area contributed by atoms with E-state index in [1.165, 1.54) is 10.9 Å². The minimum atomic E-state index is -0.544. The second-order valence-corrected chi connectivity index (χ2v) is 3.36. The summed E-state index contributed by atoms with van der Waals surface area (Å²) in [5.74, 6) is 0. The van der Waals surface area contributed by atoms with Crippen molar-refractivity contribution in [3.05, 3.63) is 0 Å². The van der Waals surface area contributed by atoms with Gasteiger partial charge in [-0.1, -0.05) is 0 Å². The molecule has 0 bridgehead atoms. The SMILES string of the molecule is CC[CH2][Sn]=[NH].[B]. The average molecular weight is 188 g/mol. The van der Waals surface area contributed by atoms with Crippen LogP contribution in [0.4, 0.5) is 0 Å². The summed E-state index contributed by atoms with van der Waals surface area (Å²) in [6.45, 7) is 2.13.